The molecule has 2 aromatic rings. The Morgan fingerprint density at radius 1 is 1.20 bits per heavy atom. The maximum atomic E-state index is 14.1. The molecule has 0 heterocycles. The van der Waals surface area contributed by atoms with Crippen molar-refractivity contribution in [1.29, 1.82) is 0 Å². The van der Waals surface area contributed by atoms with E-state index in [0.29, 0.717) is 17.8 Å². The number of benzene rings is 2. The van der Waals surface area contributed by atoms with Gasteiger partial charge in [0.2, 0.25) is 0 Å². The van der Waals surface area contributed by atoms with Crippen LogP contribution in [0, 0.1) is 5.82 Å². The summed E-state index contributed by atoms with van der Waals surface area (Å²) in [4.78, 5) is 1.85. The van der Waals surface area contributed by atoms with Gasteiger partial charge in [-0.1, -0.05) is 34.1 Å². The van der Waals surface area contributed by atoms with Crippen molar-refractivity contribution < 1.29 is 9.50 Å². The van der Waals surface area contributed by atoms with E-state index in [2.05, 4.69) is 15.9 Å². The number of aliphatic hydroxyl groups excluding tert-OH is 1. The Kier molecular flexibility index (Phi) is 4.78. The van der Waals surface area contributed by atoms with E-state index in [0.717, 1.165) is 10.0 Å². The van der Waals surface area contributed by atoms with E-state index in [4.69, 9.17) is 0 Å². The zero-order valence-corrected chi connectivity index (χ0v) is 13.1. The summed E-state index contributed by atoms with van der Waals surface area (Å²) in [6, 6.07) is 12.8. The molecule has 2 nitrogen and oxygen atoms in total. The summed E-state index contributed by atoms with van der Waals surface area (Å²) >= 11 is 3.39. The standard InChI is InChI=1S/C16H17BrFNO/c1-11(20)13-5-8-16(15(18)9-13)19(2)10-12-3-6-14(17)7-4-12/h3-9,11,20H,10H2,1-2H3/t11-/m1/s1. The van der Waals surface area contributed by atoms with Crippen LogP contribution in [0.3, 0.4) is 0 Å². The first-order chi connectivity index (χ1) is 9.47. The molecule has 4 heteroatoms. The monoisotopic (exact) mass is 337 g/mol. The molecule has 1 N–H and O–H groups in total. The average Bonchev–Trinajstić information content (AvgIpc) is 2.41. The van der Waals surface area contributed by atoms with Gasteiger partial charge in [0.25, 0.3) is 0 Å². The van der Waals surface area contributed by atoms with E-state index in [1.807, 2.05) is 36.2 Å². The first-order valence-electron chi connectivity index (χ1n) is 6.40. The van der Waals surface area contributed by atoms with Gasteiger partial charge in [-0.15, -0.1) is 0 Å². The third kappa shape index (κ3) is 3.58. The Morgan fingerprint density at radius 2 is 1.85 bits per heavy atom. The number of hydrogen-bond donors (Lipinski definition) is 1. The van der Waals surface area contributed by atoms with Gasteiger partial charge in [-0.25, -0.2) is 4.39 Å². The molecule has 0 aliphatic heterocycles. The van der Waals surface area contributed by atoms with Gasteiger partial charge >= 0.3 is 0 Å². The molecular formula is C16H17BrFNO. The lowest BCUT2D eigenvalue weighted by molar-refractivity contribution is 0.199. The molecule has 0 aliphatic rings. The smallest absolute Gasteiger partial charge is 0.146 e. The van der Waals surface area contributed by atoms with Crippen LogP contribution in [0.1, 0.15) is 24.2 Å². The van der Waals surface area contributed by atoms with Crippen LogP contribution in [0.15, 0.2) is 46.9 Å². The third-order valence-electron chi connectivity index (χ3n) is 3.20. The first-order valence-corrected chi connectivity index (χ1v) is 7.20. The zero-order valence-electron chi connectivity index (χ0n) is 11.5. The summed E-state index contributed by atoms with van der Waals surface area (Å²) in [5.74, 6) is -0.317. The van der Waals surface area contributed by atoms with Crippen molar-refractivity contribution in [2.24, 2.45) is 0 Å². The highest BCUT2D eigenvalue weighted by Gasteiger charge is 2.11. The van der Waals surface area contributed by atoms with Gasteiger partial charge in [-0.05, 0) is 42.3 Å². The van der Waals surface area contributed by atoms with Crippen LogP contribution in [0.25, 0.3) is 0 Å². The fraction of sp³-hybridized carbons (Fsp3) is 0.250. The largest absolute Gasteiger partial charge is 0.389 e. The number of nitrogens with zero attached hydrogens (tertiary/aromatic N) is 1. The second kappa shape index (κ2) is 6.37. The van der Waals surface area contributed by atoms with Crippen molar-refractivity contribution in [2.75, 3.05) is 11.9 Å². The highest BCUT2D eigenvalue weighted by Crippen LogP contribution is 2.24. The molecule has 0 amide bonds. The van der Waals surface area contributed by atoms with Crippen LogP contribution >= 0.6 is 15.9 Å². The fourth-order valence-electron chi connectivity index (χ4n) is 2.04. The number of anilines is 1. The minimum atomic E-state index is -0.657. The number of rotatable bonds is 4. The van der Waals surface area contributed by atoms with Crippen molar-refractivity contribution in [3.05, 3.63) is 63.9 Å². The molecule has 20 heavy (non-hydrogen) atoms. The molecule has 0 aromatic heterocycles. The molecule has 0 saturated heterocycles. The Bertz CT molecular complexity index is 584. The highest BCUT2D eigenvalue weighted by molar-refractivity contribution is 9.10. The van der Waals surface area contributed by atoms with Crippen molar-refractivity contribution in [3.8, 4) is 0 Å². The van der Waals surface area contributed by atoms with Gasteiger partial charge in [-0.3, -0.25) is 0 Å². The van der Waals surface area contributed by atoms with E-state index in [1.54, 1.807) is 19.1 Å². The Morgan fingerprint density at radius 3 is 2.40 bits per heavy atom. The lowest BCUT2D eigenvalue weighted by atomic mass is 10.1. The fourth-order valence-corrected chi connectivity index (χ4v) is 2.31. The molecule has 2 rings (SSSR count). The van der Waals surface area contributed by atoms with Gasteiger partial charge in [0.1, 0.15) is 5.82 Å². The quantitative estimate of drug-likeness (QED) is 0.900. The Hall–Kier alpha value is -1.39. The lowest BCUT2D eigenvalue weighted by Crippen LogP contribution is -2.17. The van der Waals surface area contributed by atoms with Gasteiger partial charge in [0.15, 0.2) is 0 Å². The third-order valence-corrected chi connectivity index (χ3v) is 3.73. The van der Waals surface area contributed by atoms with E-state index >= 15 is 0 Å². The second-order valence-corrected chi connectivity index (χ2v) is 5.79. The van der Waals surface area contributed by atoms with Crippen molar-refractivity contribution in [3.63, 3.8) is 0 Å². The van der Waals surface area contributed by atoms with Crippen molar-refractivity contribution >= 4 is 21.6 Å². The van der Waals surface area contributed by atoms with E-state index < -0.39 is 6.10 Å². The zero-order chi connectivity index (χ0) is 14.7. The number of aliphatic hydroxyl groups is 1. The van der Waals surface area contributed by atoms with Crippen LogP contribution in [-0.2, 0) is 6.54 Å². The predicted molar refractivity (Wildman–Crippen MR) is 83.3 cm³/mol. The van der Waals surface area contributed by atoms with Gasteiger partial charge in [0, 0.05) is 18.1 Å². The van der Waals surface area contributed by atoms with Gasteiger partial charge < -0.3 is 10.0 Å². The lowest BCUT2D eigenvalue weighted by Gasteiger charge is -2.21. The summed E-state index contributed by atoms with van der Waals surface area (Å²) in [6.07, 6.45) is -0.657. The Labute approximate surface area is 127 Å². The molecule has 0 spiro atoms. The Balaban J connectivity index is 2.16. The van der Waals surface area contributed by atoms with Crippen LogP contribution in [-0.4, -0.2) is 12.2 Å². The molecule has 0 saturated carbocycles. The highest BCUT2D eigenvalue weighted by atomic mass is 79.9. The van der Waals surface area contributed by atoms with Crippen LogP contribution in [0.2, 0.25) is 0 Å². The summed E-state index contributed by atoms with van der Waals surface area (Å²) in [5, 5.41) is 9.45. The SMILES string of the molecule is C[C@@H](O)c1ccc(N(C)Cc2ccc(Br)cc2)c(F)c1. The van der Waals surface area contributed by atoms with Crippen molar-refractivity contribution in [1.82, 2.24) is 0 Å². The van der Waals surface area contributed by atoms with Crippen LogP contribution < -0.4 is 4.90 Å². The van der Waals surface area contributed by atoms with Crippen molar-refractivity contribution in [2.45, 2.75) is 19.6 Å². The summed E-state index contributed by atoms with van der Waals surface area (Å²) < 4.78 is 15.1. The van der Waals surface area contributed by atoms with E-state index in [9.17, 15) is 9.50 Å². The normalized spacial score (nSPS) is 12.2. The minimum Gasteiger partial charge on any atom is -0.389 e. The van der Waals surface area contributed by atoms with Crippen LogP contribution in [0.5, 0.6) is 0 Å². The molecular weight excluding hydrogens is 321 g/mol. The second-order valence-electron chi connectivity index (χ2n) is 4.87. The van der Waals surface area contributed by atoms with Gasteiger partial charge in [-0.2, -0.15) is 0 Å². The molecule has 0 radical (unpaired) electrons. The first kappa shape index (κ1) is 15.0. The molecule has 0 aliphatic carbocycles. The van der Waals surface area contributed by atoms with E-state index in [-0.39, 0.29) is 5.82 Å². The molecule has 0 unspecified atom stereocenters. The topological polar surface area (TPSA) is 23.5 Å². The molecule has 0 fully saturated rings. The number of halogens is 2. The number of hydrogen-bond acceptors (Lipinski definition) is 2. The van der Waals surface area contributed by atoms with Gasteiger partial charge in [0.05, 0.1) is 11.8 Å². The van der Waals surface area contributed by atoms with E-state index in [1.165, 1.54) is 6.07 Å². The molecule has 106 valence electrons. The summed E-state index contributed by atoms with van der Waals surface area (Å²) in [6.45, 7) is 2.25. The molecule has 1 atom stereocenters. The maximum absolute atomic E-state index is 14.1. The summed E-state index contributed by atoms with van der Waals surface area (Å²) in [7, 11) is 1.85. The average molecular weight is 338 g/mol. The van der Waals surface area contributed by atoms with Crippen LogP contribution in [0.4, 0.5) is 10.1 Å². The predicted octanol–water partition coefficient (Wildman–Crippen LogP) is 4.28. The summed E-state index contributed by atoms with van der Waals surface area (Å²) in [5.41, 5.74) is 2.22. The molecule has 2 aromatic carbocycles. The maximum Gasteiger partial charge on any atom is 0.146 e. The molecule has 0 bridgehead atoms. The minimum absolute atomic E-state index is 0.317.